The van der Waals surface area contributed by atoms with Crippen LogP contribution < -0.4 is 4.90 Å². The van der Waals surface area contributed by atoms with Crippen LogP contribution in [-0.2, 0) is 11.3 Å². The number of hydrogen-bond donors (Lipinski definition) is 0. The summed E-state index contributed by atoms with van der Waals surface area (Å²) in [5, 5.41) is 1.46. The van der Waals surface area contributed by atoms with Crippen LogP contribution in [0.5, 0.6) is 0 Å². The summed E-state index contributed by atoms with van der Waals surface area (Å²) in [4.78, 5) is 19.4. The number of anilines is 1. The molecule has 0 N–H and O–H groups in total. The van der Waals surface area contributed by atoms with Crippen molar-refractivity contribution in [3.05, 3.63) is 92.9 Å². The normalized spacial score (nSPS) is 14.7. The molecule has 0 saturated heterocycles. The van der Waals surface area contributed by atoms with E-state index in [4.69, 9.17) is 34.8 Å². The first-order valence-electron chi connectivity index (χ1n) is 8.23. The fourth-order valence-electron chi connectivity index (χ4n) is 3.01. The number of halogens is 3. The van der Waals surface area contributed by atoms with Gasteiger partial charge in [0.05, 0.1) is 28.0 Å². The maximum absolute atomic E-state index is 13.1. The average Bonchev–Trinajstić information content (AvgIpc) is 2.92. The third kappa shape index (κ3) is 3.46. The van der Waals surface area contributed by atoms with Crippen molar-refractivity contribution in [2.75, 3.05) is 4.90 Å². The van der Waals surface area contributed by atoms with Gasteiger partial charge in [0.2, 0.25) is 0 Å². The minimum Gasteiger partial charge on any atom is -0.302 e. The van der Waals surface area contributed by atoms with Gasteiger partial charge in [0, 0.05) is 10.6 Å². The highest BCUT2D eigenvalue weighted by molar-refractivity contribution is 6.54. The third-order valence-electron chi connectivity index (χ3n) is 4.33. The lowest BCUT2D eigenvalue weighted by molar-refractivity contribution is -0.112. The first kappa shape index (κ1) is 18.1. The zero-order chi connectivity index (χ0) is 19.0. The highest BCUT2D eigenvalue weighted by Crippen LogP contribution is 2.34. The molecular formula is C21H13Cl3N2O. The second-order valence-electron chi connectivity index (χ2n) is 6.06. The van der Waals surface area contributed by atoms with Gasteiger partial charge in [0.25, 0.3) is 5.91 Å². The van der Waals surface area contributed by atoms with Gasteiger partial charge in [-0.05, 0) is 35.9 Å². The molecule has 0 radical (unpaired) electrons. The van der Waals surface area contributed by atoms with E-state index in [0.29, 0.717) is 33.0 Å². The molecule has 3 nitrogen and oxygen atoms in total. The highest BCUT2D eigenvalue weighted by Gasteiger charge is 2.34. The van der Waals surface area contributed by atoms with E-state index in [2.05, 4.69) is 4.99 Å². The van der Waals surface area contributed by atoms with E-state index in [1.807, 2.05) is 48.5 Å². The molecule has 0 saturated carbocycles. The number of carbonyl (C=O) groups is 1. The van der Waals surface area contributed by atoms with Crippen molar-refractivity contribution < 1.29 is 4.79 Å². The van der Waals surface area contributed by atoms with Crippen LogP contribution in [0.2, 0.25) is 15.1 Å². The van der Waals surface area contributed by atoms with Gasteiger partial charge in [-0.2, -0.15) is 0 Å². The number of para-hydroxylation sites is 1. The summed E-state index contributed by atoms with van der Waals surface area (Å²) in [5.41, 5.74) is 3.40. The maximum Gasteiger partial charge on any atom is 0.277 e. The molecule has 1 amide bonds. The largest absolute Gasteiger partial charge is 0.302 e. The lowest BCUT2D eigenvalue weighted by Crippen LogP contribution is -2.29. The number of fused-ring (bicyclic) bond motifs is 1. The summed E-state index contributed by atoms with van der Waals surface area (Å²) in [6, 6.07) is 20.1. The van der Waals surface area contributed by atoms with Gasteiger partial charge in [-0.3, -0.25) is 4.79 Å². The Bertz CT molecular complexity index is 1080. The van der Waals surface area contributed by atoms with Crippen molar-refractivity contribution in [2.45, 2.75) is 6.54 Å². The fraction of sp³-hybridized carbons (Fsp3) is 0.0476. The van der Waals surface area contributed by atoms with Crippen molar-refractivity contribution in [2.24, 2.45) is 4.99 Å². The molecule has 0 bridgehead atoms. The zero-order valence-electron chi connectivity index (χ0n) is 14.0. The van der Waals surface area contributed by atoms with E-state index in [1.54, 1.807) is 23.1 Å². The molecule has 0 unspecified atom stereocenters. The standard InChI is InChI=1S/C21H13Cl3N2O/c22-16-7-3-1-5-13(16)12-26-19-8-4-2-6-15(19)20(21(26)27)25-14-9-10-17(23)18(24)11-14/h1-11H,12H2. The molecule has 3 aromatic carbocycles. The molecule has 27 heavy (non-hydrogen) atoms. The van der Waals surface area contributed by atoms with Gasteiger partial charge in [0.15, 0.2) is 0 Å². The predicted molar refractivity (Wildman–Crippen MR) is 112 cm³/mol. The molecule has 1 aliphatic rings. The van der Waals surface area contributed by atoms with Crippen molar-refractivity contribution in [1.82, 2.24) is 0 Å². The van der Waals surface area contributed by atoms with E-state index in [-0.39, 0.29) is 5.91 Å². The molecule has 1 heterocycles. The molecule has 0 aromatic heterocycles. The first-order chi connectivity index (χ1) is 13.0. The third-order valence-corrected chi connectivity index (χ3v) is 5.44. The van der Waals surface area contributed by atoms with Crippen LogP contribution >= 0.6 is 34.8 Å². The summed E-state index contributed by atoms with van der Waals surface area (Å²) in [5.74, 6) is -0.179. The van der Waals surface area contributed by atoms with Gasteiger partial charge in [0.1, 0.15) is 5.71 Å². The van der Waals surface area contributed by atoms with Crippen molar-refractivity contribution in [3.63, 3.8) is 0 Å². The topological polar surface area (TPSA) is 32.7 Å². The van der Waals surface area contributed by atoms with Crippen LogP contribution in [0.1, 0.15) is 11.1 Å². The van der Waals surface area contributed by atoms with Crippen molar-refractivity contribution in [1.29, 1.82) is 0 Å². The molecule has 1 aliphatic heterocycles. The van der Waals surface area contributed by atoms with Gasteiger partial charge in [-0.15, -0.1) is 0 Å². The monoisotopic (exact) mass is 414 g/mol. The molecule has 3 aromatic rings. The van der Waals surface area contributed by atoms with E-state index in [0.717, 1.165) is 16.8 Å². The quantitative estimate of drug-likeness (QED) is 0.493. The van der Waals surface area contributed by atoms with Crippen LogP contribution in [-0.4, -0.2) is 11.6 Å². The minimum atomic E-state index is -0.179. The van der Waals surface area contributed by atoms with Gasteiger partial charge < -0.3 is 4.90 Å². The SMILES string of the molecule is O=C1C(=Nc2ccc(Cl)c(Cl)c2)c2ccccc2N1Cc1ccccc1Cl. The summed E-state index contributed by atoms with van der Waals surface area (Å²) >= 11 is 18.3. The van der Waals surface area contributed by atoms with E-state index >= 15 is 0 Å². The molecule has 4 rings (SSSR count). The van der Waals surface area contributed by atoms with Crippen LogP contribution in [0.15, 0.2) is 71.7 Å². The van der Waals surface area contributed by atoms with Gasteiger partial charge in [-0.25, -0.2) is 4.99 Å². The number of benzene rings is 3. The summed E-state index contributed by atoms with van der Waals surface area (Å²) in [6.07, 6.45) is 0. The van der Waals surface area contributed by atoms with Crippen LogP contribution in [0.3, 0.4) is 0 Å². The number of rotatable bonds is 3. The van der Waals surface area contributed by atoms with Crippen molar-refractivity contribution >= 4 is 57.8 Å². The molecule has 0 spiro atoms. The minimum absolute atomic E-state index is 0.179. The Morgan fingerprint density at radius 1 is 0.815 bits per heavy atom. The Hall–Kier alpha value is -2.33. The Morgan fingerprint density at radius 3 is 2.33 bits per heavy atom. The average molecular weight is 416 g/mol. The number of aliphatic imine (C=N–C) groups is 1. The Balaban J connectivity index is 1.76. The lowest BCUT2D eigenvalue weighted by Gasteiger charge is -2.17. The maximum atomic E-state index is 13.1. The Kier molecular flexibility index (Phi) is 4.92. The molecular weight excluding hydrogens is 403 g/mol. The summed E-state index contributed by atoms with van der Waals surface area (Å²) in [7, 11) is 0. The highest BCUT2D eigenvalue weighted by atomic mass is 35.5. The molecule has 134 valence electrons. The van der Waals surface area contributed by atoms with Crippen LogP contribution in [0.4, 0.5) is 11.4 Å². The lowest BCUT2D eigenvalue weighted by atomic mass is 10.1. The zero-order valence-corrected chi connectivity index (χ0v) is 16.3. The van der Waals surface area contributed by atoms with Gasteiger partial charge in [-0.1, -0.05) is 71.2 Å². The second kappa shape index (κ2) is 7.35. The fourth-order valence-corrected chi connectivity index (χ4v) is 3.50. The van der Waals surface area contributed by atoms with Crippen molar-refractivity contribution in [3.8, 4) is 0 Å². The molecule has 6 heteroatoms. The predicted octanol–water partition coefficient (Wildman–Crippen LogP) is 6.31. The van der Waals surface area contributed by atoms with E-state index in [1.165, 1.54) is 0 Å². The van der Waals surface area contributed by atoms with Gasteiger partial charge >= 0.3 is 0 Å². The summed E-state index contributed by atoms with van der Waals surface area (Å²) < 4.78 is 0. The number of carbonyl (C=O) groups excluding carboxylic acids is 1. The van der Waals surface area contributed by atoms with E-state index < -0.39 is 0 Å². The summed E-state index contributed by atoms with van der Waals surface area (Å²) in [6.45, 7) is 0.371. The number of nitrogens with zero attached hydrogens (tertiary/aromatic N) is 2. The number of hydrogen-bond acceptors (Lipinski definition) is 2. The Labute approximate surface area is 171 Å². The molecule has 0 aliphatic carbocycles. The number of amides is 1. The smallest absolute Gasteiger partial charge is 0.277 e. The second-order valence-corrected chi connectivity index (χ2v) is 7.28. The van der Waals surface area contributed by atoms with E-state index in [9.17, 15) is 4.79 Å². The van der Waals surface area contributed by atoms with Crippen LogP contribution in [0.25, 0.3) is 0 Å². The Morgan fingerprint density at radius 2 is 1.56 bits per heavy atom. The van der Waals surface area contributed by atoms with Crippen LogP contribution in [0, 0.1) is 0 Å². The molecule has 0 fully saturated rings. The first-order valence-corrected chi connectivity index (χ1v) is 9.36. The molecule has 0 atom stereocenters.